The van der Waals surface area contributed by atoms with E-state index >= 15 is 8.78 Å². The van der Waals surface area contributed by atoms with Gasteiger partial charge in [-0.1, -0.05) is 37.6 Å². The zero-order valence-corrected chi connectivity index (χ0v) is 22.2. The molecule has 204 valence electrons. The Morgan fingerprint density at radius 2 is 1.97 bits per heavy atom. The molecule has 0 amide bonds. The van der Waals surface area contributed by atoms with Crippen LogP contribution in [0.3, 0.4) is 0 Å². The van der Waals surface area contributed by atoms with Gasteiger partial charge in [-0.3, -0.25) is 14.4 Å². The first-order chi connectivity index (χ1) is 17.5. The van der Waals surface area contributed by atoms with Crippen molar-refractivity contribution in [2.75, 3.05) is 19.1 Å². The maximum atomic E-state index is 17.4. The van der Waals surface area contributed by atoms with Crippen LogP contribution in [0.5, 0.6) is 0 Å². The number of aliphatic hydroxyl groups is 1. The minimum absolute atomic E-state index is 0.0569. The van der Waals surface area contributed by atoms with Crippen molar-refractivity contribution in [1.82, 2.24) is 5.06 Å². The van der Waals surface area contributed by atoms with Gasteiger partial charge >= 0.3 is 0 Å². The molecule has 6 rings (SSSR count). The van der Waals surface area contributed by atoms with E-state index in [4.69, 9.17) is 4.84 Å². The Hall–Kier alpha value is -1.16. The number of ketones is 1. The van der Waals surface area contributed by atoms with Crippen LogP contribution in [0.25, 0.3) is 0 Å². The number of hydrogen-bond acceptors (Lipinski definition) is 6. The number of carbonyl (C=O) groups is 2. The molecule has 0 spiro atoms. The smallest absolute Gasteiger partial charge is 0.226 e. The van der Waals surface area contributed by atoms with Gasteiger partial charge in [0.05, 0.1) is 6.10 Å². The molecule has 5 fully saturated rings. The molecule has 5 nitrogen and oxygen atoms in total. The lowest BCUT2D eigenvalue weighted by atomic mass is 9.44. The number of rotatable bonds is 4. The highest BCUT2D eigenvalue weighted by atomic mass is 32.2. The predicted molar refractivity (Wildman–Crippen MR) is 133 cm³/mol. The molecule has 4 saturated carbocycles. The van der Waals surface area contributed by atoms with Crippen molar-refractivity contribution in [2.24, 2.45) is 34.5 Å². The monoisotopic (exact) mass is 539 g/mol. The van der Waals surface area contributed by atoms with Crippen molar-refractivity contribution < 1.29 is 32.7 Å². The van der Waals surface area contributed by atoms with Crippen molar-refractivity contribution in [2.45, 2.75) is 82.3 Å². The third-order valence-electron chi connectivity index (χ3n) is 11.1. The number of fused-ring (bicyclic) bond motifs is 7. The number of nitrogens with zero attached hydrogens (tertiary/aromatic N) is 1. The van der Waals surface area contributed by atoms with Gasteiger partial charge in [0.15, 0.2) is 17.1 Å². The van der Waals surface area contributed by atoms with Gasteiger partial charge in [-0.25, -0.2) is 13.2 Å². The fraction of sp³-hybridized carbons (Fsp3) is 0.786. The van der Waals surface area contributed by atoms with Crippen LogP contribution in [0, 0.1) is 34.5 Å². The first-order valence-electron chi connectivity index (χ1n) is 13.6. The molecule has 0 unspecified atom stereocenters. The Bertz CT molecular complexity index is 1060. The summed E-state index contributed by atoms with van der Waals surface area (Å²) in [6, 6.07) is -0.892. The van der Waals surface area contributed by atoms with Crippen LogP contribution in [0.15, 0.2) is 23.8 Å². The fourth-order valence-corrected chi connectivity index (χ4v) is 10.2. The molecule has 1 heterocycles. The number of carbonyl (C=O) groups excluding carboxylic acids is 2. The molecule has 1 aliphatic heterocycles. The number of alkyl halides is 3. The SMILES string of the molecule is C[C@]12C=CC(=O)C=C1[C@@H](F)C[C@H]1[C@@H]3C[C@H]4CN(CC5CCCC5)O[C@@]4(C(=O)SCF)[C@@]3(C)C[C@H](O)[C@@]12F. The Labute approximate surface area is 220 Å². The van der Waals surface area contributed by atoms with Gasteiger partial charge in [0.1, 0.15) is 12.2 Å². The minimum Gasteiger partial charge on any atom is -0.390 e. The third-order valence-corrected chi connectivity index (χ3v) is 11.8. The number of hydroxylamine groups is 2. The van der Waals surface area contributed by atoms with Crippen molar-refractivity contribution in [1.29, 1.82) is 0 Å². The topological polar surface area (TPSA) is 66.8 Å². The van der Waals surface area contributed by atoms with Gasteiger partial charge in [-0.15, -0.1) is 0 Å². The predicted octanol–water partition coefficient (Wildman–Crippen LogP) is 4.89. The molecule has 6 aliphatic rings. The average Bonchev–Trinajstić information content (AvgIpc) is 3.54. The highest BCUT2D eigenvalue weighted by Gasteiger charge is 2.79. The number of aliphatic hydroxyl groups excluding tert-OH is 1. The zero-order valence-electron chi connectivity index (χ0n) is 21.4. The van der Waals surface area contributed by atoms with Crippen LogP contribution < -0.4 is 0 Å². The Kier molecular flexibility index (Phi) is 6.11. The molecule has 9 atom stereocenters. The van der Waals surface area contributed by atoms with Crippen LogP contribution in [0.1, 0.15) is 58.8 Å². The fourth-order valence-electron chi connectivity index (χ4n) is 9.41. The van der Waals surface area contributed by atoms with Crippen LogP contribution in [-0.2, 0) is 14.4 Å². The quantitative estimate of drug-likeness (QED) is 0.549. The average molecular weight is 540 g/mol. The van der Waals surface area contributed by atoms with Gasteiger partial charge in [-0.2, -0.15) is 5.06 Å². The van der Waals surface area contributed by atoms with E-state index in [1.165, 1.54) is 31.1 Å². The van der Waals surface area contributed by atoms with Crippen LogP contribution in [0.2, 0.25) is 0 Å². The second-order valence-electron chi connectivity index (χ2n) is 12.7. The first kappa shape index (κ1) is 26.1. The van der Waals surface area contributed by atoms with Crippen LogP contribution in [0.4, 0.5) is 13.2 Å². The summed E-state index contributed by atoms with van der Waals surface area (Å²) in [5.41, 5.74) is -5.98. The van der Waals surface area contributed by atoms with E-state index in [1.807, 2.05) is 12.0 Å². The lowest BCUT2D eigenvalue weighted by Crippen LogP contribution is -2.70. The first-order valence-corrected chi connectivity index (χ1v) is 14.6. The van der Waals surface area contributed by atoms with E-state index in [0.717, 1.165) is 12.8 Å². The van der Waals surface area contributed by atoms with Gasteiger partial charge in [0.2, 0.25) is 5.12 Å². The summed E-state index contributed by atoms with van der Waals surface area (Å²) in [7, 11) is 0. The molecule has 0 bridgehead atoms. The van der Waals surface area contributed by atoms with E-state index in [9.17, 15) is 19.1 Å². The molecule has 0 aromatic rings. The molecule has 5 aliphatic carbocycles. The van der Waals surface area contributed by atoms with E-state index in [-0.39, 0.29) is 30.1 Å². The summed E-state index contributed by atoms with van der Waals surface area (Å²) in [6.07, 6.45) is 5.61. The summed E-state index contributed by atoms with van der Waals surface area (Å²) in [5.74, 6) is -1.52. The molecule has 1 N–H and O–H groups in total. The lowest BCUT2D eigenvalue weighted by molar-refractivity contribution is -0.265. The van der Waals surface area contributed by atoms with Gasteiger partial charge in [0.25, 0.3) is 0 Å². The van der Waals surface area contributed by atoms with Crippen LogP contribution >= 0.6 is 11.8 Å². The van der Waals surface area contributed by atoms with Gasteiger partial charge in [0, 0.05) is 35.8 Å². The second kappa shape index (κ2) is 8.67. The molecule has 37 heavy (non-hydrogen) atoms. The molecular formula is C28H36F3NO4S. The largest absolute Gasteiger partial charge is 0.390 e. The number of thioether (sulfide) groups is 1. The molecule has 0 aromatic heterocycles. The Balaban J connectivity index is 1.40. The van der Waals surface area contributed by atoms with Crippen molar-refractivity contribution in [3.8, 4) is 0 Å². The third kappa shape index (κ3) is 3.29. The highest BCUT2D eigenvalue weighted by molar-refractivity contribution is 8.13. The zero-order chi connectivity index (χ0) is 26.4. The van der Waals surface area contributed by atoms with Gasteiger partial charge in [-0.05, 0) is 68.6 Å². The highest BCUT2D eigenvalue weighted by Crippen LogP contribution is 2.73. The van der Waals surface area contributed by atoms with Gasteiger partial charge < -0.3 is 5.11 Å². The summed E-state index contributed by atoms with van der Waals surface area (Å²) >= 11 is 0.578. The van der Waals surface area contributed by atoms with E-state index in [1.54, 1.807) is 6.92 Å². The normalized spacial score (nSPS) is 49.4. The van der Waals surface area contributed by atoms with Crippen molar-refractivity contribution in [3.63, 3.8) is 0 Å². The Morgan fingerprint density at radius 3 is 2.68 bits per heavy atom. The summed E-state index contributed by atoms with van der Waals surface area (Å²) in [5, 5.41) is 13.0. The molecule has 0 radical (unpaired) electrons. The lowest BCUT2D eigenvalue weighted by Gasteiger charge is -2.63. The molecule has 0 aromatic carbocycles. The number of allylic oxidation sites excluding steroid dienone is 4. The van der Waals surface area contributed by atoms with Crippen molar-refractivity contribution >= 4 is 22.7 Å². The molecule has 9 heteroatoms. The Morgan fingerprint density at radius 1 is 1.24 bits per heavy atom. The maximum Gasteiger partial charge on any atom is 0.226 e. The summed E-state index contributed by atoms with van der Waals surface area (Å²) in [4.78, 5) is 32.3. The standard InChI is InChI=1S/C28H36F3NO4S/c1-25-8-7-18(33)10-21(25)22(30)11-20-19-9-17-14-32(13-16-5-3-4-6-16)36-28(17,24(35)37-15-29)26(19,2)12-23(34)27(20,25)31/h7-8,10,16-17,19-20,22-23,34H,3-6,9,11-15H2,1-2H3/t17-,19-,20-,22-,23-,25-,26-,27-,28-/m0/s1. The van der Waals surface area contributed by atoms with E-state index < -0.39 is 57.3 Å². The summed E-state index contributed by atoms with van der Waals surface area (Å²) < 4.78 is 46.6. The van der Waals surface area contributed by atoms with Crippen molar-refractivity contribution in [3.05, 3.63) is 23.8 Å². The molecular weight excluding hydrogens is 503 g/mol. The second-order valence-corrected chi connectivity index (χ2v) is 13.5. The number of halogens is 3. The minimum atomic E-state index is -2.21. The van der Waals surface area contributed by atoms with Crippen LogP contribution in [-0.4, -0.2) is 63.7 Å². The summed E-state index contributed by atoms with van der Waals surface area (Å²) in [6.45, 7) is 4.61. The number of hydrogen-bond donors (Lipinski definition) is 1. The maximum absolute atomic E-state index is 17.4. The van der Waals surface area contributed by atoms with E-state index in [0.29, 0.717) is 37.2 Å². The molecule has 1 saturated heterocycles. The van der Waals surface area contributed by atoms with E-state index in [2.05, 4.69) is 0 Å².